The molecule has 4 aromatic rings. The average molecular weight is 452 g/mol. The van der Waals surface area contributed by atoms with Crippen molar-refractivity contribution in [3.8, 4) is 11.3 Å². The minimum atomic E-state index is -0.344. The zero-order valence-electron chi connectivity index (χ0n) is 16.5. The lowest BCUT2D eigenvalue weighted by Crippen LogP contribution is -2.31. The number of carbonyl (C=O) groups excluding carboxylic acids is 1. The molecule has 0 bridgehead atoms. The number of hydrogen-bond acceptors (Lipinski definition) is 3. The normalized spacial score (nSPS) is 15.5. The van der Waals surface area contributed by atoms with Gasteiger partial charge in [-0.25, -0.2) is 4.98 Å². The highest BCUT2D eigenvalue weighted by Crippen LogP contribution is 2.45. The number of benzene rings is 2. The zero-order valence-corrected chi connectivity index (χ0v) is 18.0. The van der Waals surface area contributed by atoms with Crippen LogP contribution in [-0.4, -0.2) is 37.1 Å². The van der Waals surface area contributed by atoms with Crippen molar-refractivity contribution in [1.29, 1.82) is 0 Å². The maximum absolute atomic E-state index is 13.4. The lowest BCUT2D eigenvalue weighted by atomic mass is 9.96. The molecule has 1 amide bonds. The summed E-state index contributed by atoms with van der Waals surface area (Å²) in [4.78, 5) is 19.3. The molecule has 0 saturated carbocycles. The molecule has 1 aliphatic heterocycles. The Labute approximate surface area is 189 Å². The van der Waals surface area contributed by atoms with Gasteiger partial charge in [0.05, 0.1) is 18.1 Å². The number of amides is 1. The molecule has 3 heterocycles. The van der Waals surface area contributed by atoms with Crippen LogP contribution in [0.2, 0.25) is 10.0 Å². The maximum atomic E-state index is 13.4. The van der Waals surface area contributed by atoms with E-state index in [1.54, 1.807) is 24.7 Å². The number of aryl methyl sites for hydroxylation is 1. The van der Waals surface area contributed by atoms with E-state index >= 15 is 0 Å². The van der Waals surface area contributed by atoms with Crippen molar-refractivity contribution in [3.63, 3.8) is 0 Å². The van der Waals surface area contributed by atoms with Crippen molar-refractivity contribution in [2.45, 2.75) is 19.0 Å². The average Bonchev–Trinajstić information content (AvgIpc) is 3.49. The minimum Gasteiger partial charge on any atom is -0.337 e. The van der Waals surface area contributed by atoms with Crippen molar-refractivity contribution in [3.05, 3.63) is 94.1 Å². The summed E-state index contributed by atoms with van der Waals surface area (Å²) >= 11 is 12.7. The van der Waals surface area contributed by atoms with E-state index in [0.29, 0.717) is 22.3 Å². The molecule has 1 atom stereocenters. The Hall–Kier alpha value is -3.09. The van der Waals surface area contributed by atoms with Gasteiger partial charge in [0.1, 0.15) is 5.69 Å². The molecule has 0 fully saturated rings. The van der Waals surface area contributed by atoms with Gasteiger partial charge in [-0.1, -0.05) is 59.6 Å². The number of rotatable bonds is 6. The first-order chi connectivity index (χ1) is 15.1. The Kier molecular flexibility index (Phi) is 5.26. The van der Waals surface area contributed by atoms with E-state index in [2.05, 4.69) is 15.2 Å². The second-order valence-corrected chi connectivity index (χ2v) is 8.29. The number of halogens is 2. The molecule has 0 spiro atoms. The molecule has 6 nitrogen and oxygen atoms in total. The molecule has 1 aliphatic rings. The van der Waals surface area contributed by atoms with Gasteiger partial charge in [-0.2, -0.15) is 5.10 Å². The van der Waals surface area contributed by atoms with Gasteiger partial charge in [0.15, 0.2) is 0 Å². The maximum Gasteiger partial charge on any atom is 0.273 e. The Bertz CT molecular complexity index is 1220. The summed E-state index contributed by atoms with van der Waals surface area (Å²) in [5.41, 5.74) is 3.90. The molecule has 0 radical (unpaired) electrons. The molecule has 31 heavy (non-hydrogen) atoms. The van der Waals surface area contributed by atoms with Crippen LogP contribution in [0.4, 0.5) is 0 Å². The fourth-order valence-electron chi connectivity index (χ4n) is 4.13. The van der Waals surface area contributed by atoms with E-state index in [-0.39, 0.29) is 11.9 Å². The van der Waals surface area contributed by atoms with Gasteiger partial charge in [-0.15, -0.1) is 0 Å². The number of carbonyl (C=O) groups is 1. The van der Waals surface area contributed by atoms with Crippen LogP contribution in [0.3, 0.4) is 0 Å². The fraction of sp³-hybridized carbons (Fsp3) is 0.174. The van der Waals surface area contributed by atoms with E-state index in [9.17, 15) is 4.79 Å². The Morgan fingerprint density at radius 2 is 1.90 bits per heavy atom. The summed E-state index contributed by atoms with van der Waals surface area (Å²) in [5.74, 6) is -0.0775. The van der Waals surface area contributed by atoms with Crippen molar-refractivity contribution in [2.75, 3.05) is 6.54 Å². The lowest BCUT2D eigenvalue weighted by molar-refractivity contribution is 0.0739. The fourth-order valence-corrected chi connectivity index (χ4v) is 4.64. The number of H-pyrrole nitrogens is 1. The SMILES string of the molecule is O=C1c2[nH]nc(-c3ccccc3)c2C(c2ccc(Cl)cc2Cl)N1CCCn1ccnc1. The quantitative estimate of drug-likeness (QED) is 0.437. The topological polar surface area (TPSA) is 66.8 Å². The second-order valence-electron chi connectivity index (χ2n) is 7.45. The van der Waals surface area contributed by atoms with Gasteiger partial charge >= 0.3 is 0 Å². The molecule has 2 aromatic carbocycles. The Balaban J connectivity index is 1.56. The molecular weight excluding hydrogens is 433 g/mol. The summed E-state index contributed by atoms with van der Waals surface area (Å²) in [6, 6.07) is 14.9. The zero-order chi connectivity index (χ0) is 21.4. The van der Waals surface area contributed by atoms with Crippen molar-refractivity contribution >= 4 is 29.1 Å². The van der Waals surface area contributed by atoms with Crippen molar-refractivity contribution in [1.82, 2.24) is 24.6 Å². The predicted octanol–water partition coefficient (Wildman–Crippen LogP) is 5.22. The molecule has 0 aliphatic carbocycles. The van der Waals surface area contributed by atoms with Gasteiger partial charge < -0.3 is 9.47 Å². The Morgan fingerprint density at radius 1 is 1.06 bits per heavy atom. The molecule has 1 unspecified atom stereocenters. The first-order valence-corrected chi connectivity index (χ1v) is 10.7. The first-order valence-electron chi connectivity index (χ1n) is 9.99. The molecule has 8 heteroatoms. The largest absolute Gasteiger partial charge is 0.337 e. The van der Waals surface area contributed by atoms with Gasteiger partial charge in [0.2, 0.25) is 0 Å². The van der Waals surface area contributed by atoms with Gasteiger partial charge in [0, 0.05) is 46.7 Å². The summed E-state index contributed by atoms with van der Waals surface area (Å²) < 4.78 is 2.00. The third kappa shape index (κ3) is 3.62. The number of imidazole rings is 1. The monoisotopic (exact) mass is 451 g/mol. The van der Waals surface area contributed by atoms with Gasteiger partial charge in [-0.05, 0) is 24.1 Å². The summed E-state index contributed by atoms with van der Waals surface area (Å²) in [6.07, 6.45) is 6.22. The number of fused-ring (bicyclic) bond motifs is 1. The van der Waals surface area contributed by atoms with Crippen LogP contribution >= 0.6 is 23.2 Å². The van der Waals surface area contributed by atoms with E-state index in [4.69, 9.17) is 23.2 Å². The number of hydrogen-bond donors (Lipinski definition) is 1. The van der Waals surface area contributed by atoms with Gasteiger partial charge in [-0.3, -0.25) is 9.89 Å². The molecule has 156 valence electrons. The van der Waals surface area contributed by atoms with Crippen LogP contribution in [-0.2, 0) is 6.54 Å². The van der Waals surface area contributed by atoms with E-state index in [0.717, 1.165) is 35.3 Å². The molecule has 2 aromatic heterocycles. The number of nitrogens with one attached hydrogen (secondary N) is 1. The molecule has 1 N–H and O–H groups in total. The lowest BCUT2D eigenvalue weighted by Gasteiger charge is -2.27. The minimum absolute atomic E-state index is 0.0775. The van der Waals surface area contributed by atoms with Crippen LogP contribution < -0.4 is 0 Å². The number of aromatic amines is 1. The van der Waals surface area contributed by atoms with E-state index in [1.807, 2.05) is 52.1 Å². The third-order valence-electron chi connectivity index (χ3n) is 5.54. The molecule has 5 rings (SSSR count). The van der Waals surface area contributed by atoms with E-state index < -0.39 is 0 Å². The summed E-state index contributed by atoms with van der Waals surface area (Å²) in [6.45, 7) is 1.33. The van der Waals surface area contributed by atoms with Crippen LogP contribution in [0.5, 0.6) is 0 Å². The first kappa shape index (κ1) is 19.8. The van der Waals surface area contributed by atoms with Crippen LogP contribution in [0.1, 0.15) is 34.1 Å². The highest BCUT2D eigenvalue weighted by molar-refractivity contribution is 6.35. The summed E-state index contributed by atoms with van der Waals surface area (Å²) in [5, 5.41) is 8.54. The smallest absolute Gasteiger partial charge is 0.273 e. The van der Waals surface area contributed by atoms with Crippen LogP contribution in [0.15, 0.2) is 67.3 Å². The van der Waals surface area contributed by atoms with Gasteiger partial charge in [0.25, 0.3) is 5.91 Å². The number of nitrogens with zero attached hydrogens (tertiary/aromatic N) is 4. The predicted molar refractivity (Wildman–Crippen MR) is 120 cm³/mol. The van der Waals surface area contributed by atoms with Crippen molar-refractivity contribution < 1.29 is 4.79 Å². The highest BCUT2D eigenvalue weighted by Gasteiger charge is 2.42. The third-order valence-corrected chi connectivity index (χ3v) is 6.11. The molecule has 0 saturated heterocycles. The highest BCUT2D eigenvalue weighted by atomic mass is 35.5. The standard InChI is InChI=1S/C23H19Cl2N5O/c24-16-7-8-17(18(25)13-16)22-19-20(15-5-2-1-3-6-15)27-28-21(19)23(31)30(22)11-4-10-29-12-9-26-14-29/h1-3,5-9,12-14,22H,4,10-11H2,(H,27,28). The van der Waals surface area contributed by atoms with E-state index in [1.165, 1.54) is 0 Å². The molecular formula is C23H19Cl2N5O. The summed E-state index contributed by atoms with van der Waals surface area (Å²) in [7, 11) is 0. The van der Waals surface area contributed by atoms with Crippen LogP contribution in [0.25, 0.3) is 11.3 Å². The second kappa shape index (κ2) is 8.21. The van der Waals surface area contributed by atoms with Crippen LogP contribution in [0, 0.1) is 0 Å². The Morgan fingerprint density at radius 3 is 2.65 bits per heavy atom. The number of aromatic nitrogens is 4. The van der Waals surface area contributed by atoms with Crippen molar-refractivity contribution in [2.24, 2.45) is 0 Å².